The van der Waals surface area contributed by atoms with E-state index in [0.29, 0.717) is 0 Å². The van der Waals surface area contributed by atoms with Gasteiger partial charge < -0.3 is 15.1 Å². The number of hydrogen-bond acceptors (Lipinski definition) is 3. The topological polar surface area (TPSA) is 18.5 Å². The Bertz CT molecular complexity index is 1460. The van der Waals surface area contributed by atoms with Crippen LogP contribution in [-0.2, 0) is 6.54 Å². The predicted octanol–water partition coefficient (Wildman–Crippen LogP) is 9.32. The average Bonchev–Trinajstić information content (AvgIpc) is 3.04. The van der Waals surface area contributed by atoms with Gasteiger partial charge >= 0.3 is 0 Å². The van der Waals surface area contributed by atoms with Gasteiger partial charge in [-0.1, -0.05) is 84.9 Å². The summed E-state index contributed by atoms with van der Waals surface area (Å²) in [6.07, 6.45) is 0. The van der Waals surface area contributed by atoms with Crippen LogP contribution in [0.15, 0.2) is 115 Å². The van der Waals surface area contributed by atoms with Crippen molar-refractivity contribution in [2.24, 2.45) is 0 Å². The summed E-state index contributed by atoms with van der Waals surface area (Å²) >= 11 is 0. The summed E-state index contributed by atoms with van der Waals surface area (Å²) in [7, 11) is 0. The molecule has 5 rings (SSSR count). The molecule has 0 aliphatic carbocycles. The fraction of sp³-hybridized carbons (Fsp3) is 0.263. The molecule has 0 amide bonds. The number of fused-ring (bicyclic) bond motifs is 1. The maximum Gasteiger partial charge on any atom is 0.0422 e. The normalized spacial score (nSPS) is 11.1. The lowest BCUT2D eigenvalue weighted by Gasteiger charge is -2.26. The van der Waals surface area contributed by atoms with Crippen LogP contribution in [-0.4, -0.2) is 26.2 Å². The minimum absolute atomic E-state index is 0.125. The number of hydrogen-bond donors (Lipinski definition) is 1. The van der Waals surface area contributed by atoms with E-state index in [4.69, 9.17) is 0 Å². The molecule has 0 aliphatic heterocycles. The lowest BCUT2D eigenvalue weighted by molar-refractivity contribution is 0.863. The van der Waals surface area contributed by atoms with Crippen molar-refractivity contribution < 1.29 is 0 Å². The van der Waals surface area contributed by atoms with Crippen LogP contribution in [0.2, 0.25) is 0 Å². The van der Waals surface area contributed by atoms with E-state index in [1.807, 2.05) is 0 Å². The van der Waals surface area contributed by atoms with Gasteiger partial charge in [-0.25, -0.2) is 0 Å². The molecule has 5 aromatic rings. The second kappa shape index (κ2) is 13.4. The Morgan fingerprint density at radius 2 is 1.00 bits per heavy atom. The highest BCUT2D eigenvalue weighted by molar-refractivity contribution is 5.97. The predicted molar refractivity (Wildman–Crippen MR) is 179 cm³/mol. The van der Waals surface area contributed by atoms with E-state index < -0.39 is 0 Å². The van der Waals surface area contributed by atoms with E-state index in [1.165, 1.54) is 50.1 Å². The zero-order valence-electron chi connectivity index (χ0n) is 25.0. The fourth-order valence-electron chi connectivity index (χ4n) is 6.01. The van der Waals surface area contributed by atoms with Crippen molar-refractivity contribution >= 4 is 27.8 Å². The van der Waals surface area contributed by atoms with E-state index in [1.54, 1.807) is 0 Å². The Morgan fingerprint density at radius 1 is 0.512 bits per heavy atom. The first-order valence-electron chi connectivity index (χ1n) is 15.2. The number of nitrogens with zero attached hydrogens (tertiary/aromatic N) is 2. The standard InChI is InChI=1S/C38H43N3/c1-5-40(6-2)32-22-18-30(19-23-32)38(31-20-24-33(25-21-31)41(7-3)8-4)36-26-27-37(35-17-13-12-16-34(35)36)39-28-29-14-10-9-11-15-29/h9-27,38-39H,5-8,28H2,1-4H3. The quantitative estimate of drug-likeness (QED) is 0.159. The summed E-state index contributed by atoms with van der Waals surface area (Å²) in [5, 5.41) is 6.25. The molecule has 0 atom stereocenters. The largest absolute Gasteiger partial charge is 0.380 e. The summed E-state index contributed by atoms with van der Waals surface area (Å²) < 4.78 is 0. The fourth-order valence-corrected chi connectivity index (χ4v) is 6.01. The molecule has 0 saturated carbocycles. The first kappa shape index (κ1) is 28.3. The molecule has 0 unspecified atom stereocenters. The zero-order chi connectivity index (χ0) is 28.6. The smallest absolute Gasteiger partial charge is 0.0422 e. The van der Waals surface area contributed by atoms with Crippen LogP contribution in [0.4, 0.5) is 17.1 Å². The summed E-state index contributed by atoms with van der Waals surface area (Å²) in [6, 6.07) is 42.5. The van der Waals surface area contributed by atoms with E-state index in [-0.39, 0.29) is 5.92 Å². The van der Waals surface area contributed by atoms with E-state index in [9.17, 15) is 0 Å². The third-order valence-corrected chi connectivity index (χ3v) is 8.30. The Hall–Kier alpha value is -4.24. The molecule has 3 nitrogen and oxygen atoms in total. The SMILES string of the molecule is CCN(CC)c1ccc(C(c2ccc(N(CC)CC)cc2)c2ccc(NCc3ccccc3)c3ccccc23)cc1. The molecule has 41 heavy (non-hydrogen) atoms. The number of nitrogens with one attached hydrogen (secondary N) is 1. The molecule has 5 aromatic carbocycles. The molecule has 3 heteroatoms. The summed E-state index contributed by atoms with van der Waals surface area (Å²) in [4.78, 5) is 4.81. The van der Waals surface area contributed by atoms with Crippen LogP contribution in [0, 0.1) is 0 Å². The summed E-state index contributed by atoms with van der Waals surface area (Å²) in [6.45, 7) is 13.7. The van der Waals surface area contributed by atoms with Crippen molar-refractivity contribution in [2.75, 3.05) is 41.3 Å². The van der Waals surface area contributed by atoms with Gasteiger partial charge in [-0.3, -0.25) is 0 Å². The van der Waals surface area contributed by atoms with Crippen molar-refractivity contribution in [1.29, 1.82) is 0 Å². The van der Waals surface area contributed by atoms with Gasteiger partial charge in [-0.05, 0) is 85.7 Å². The molecule has 0 bridgehead atoms. The molecule has 0 saturated heterocycles. The average molecular weight is 542 g/mol. The lowest BCUT2D eigenvalue weighted by Crippen LogP contribution is -2.22. The van der Waals surface area contributed by atoms with Gasteiger partial charge in [-0.2, -0.15) is 0 Å². The first-order chi connectivity index (χ1) is 20.2. The molecule has 0 aromatic heterocycles. The van der Waals surface area contributed by atoms with Crippen LogP contribution < -0.4 is 15.1 Å². The monoisotopic (exact) mass is 541 g/mol. The van der Waals surface area contributed by atoms with Gasteiger partial charge in [0, 0.05) is 61.1 Å². The highest BCUT2D eigenvalue weighted by atomic mass is 15.1. The van der Waals surface area contributed by atoms with E-state index in [0.717, 1.165) is 32.7 Å². The van der Waals surface area contributed by atoms with Crippen molar-refractivity contribution in [2.45, 2.75) is 40.2 Å². The number of anilines is 3. The molecular weight excluding hydrogens is 498 g/mol. The number of rotatable bonds is 12. The van der Waals surface area contributed by atoms with Gasteiger partial charge in [-0.15, -0.1) is 0 Å². The second-order valence-electron chi connectivity index (χ2n) is 10.5. The van der Waals surface area contributed by atoms with Crippen molar-refractivity contribution in [3.05, 3.63) is 138 Å². The summed E-state index contributed by atoms with van der Waals surface area (Å²) in [5.74, 6) is 0.125. The second-order valence-corrected chi connectivity index (χ2v) is 10.5. The Morgan fingerprint density at radius 3 is 1.51 bits per heavy atom. The maximum atomic E-state index is 3.70. The van der Waals surface area contributed by atoms with Crippen molar-refractivity contribution in [3.63, 3.8) is 0 Å². The third kappa shape index (κ3) is 6.25. The van der Waals surface area contributed by atoms with Gasteiger partial charge in [0.15, 0.2) is 0 Å². The Balaban J connectivity index is 1.59. The molecule has 1 N–H and O–H groups in total. The minimum atomic E-state index is 0.125. The van der Waals surface area contributed by atoms with Crippen molar-refractivity contribution in [1.82, 2.24) is 0 Å². The van der Waals surface area contributed by atoms with Crippen LogP contribution in [0.1, 0.15) is 55.9 Å². The maximum absolute atomic E-state index is 3.70. The first-order valence-corrected chi connectivity index (χ1v) is 15.2. The molecule has 0 spiro atoms. The summed E-state index contributed by atoms with van der Waals surface area (Å²) in [5.41, 5.74) is 8.95. The molecule has 0 fully saturated rings. The molecule has 0 aliphatic rings. The van der Waals surface area contributed by atoms with E-state index in [2.05, 4.69) is 158 Å². The van der Waals surface area contributed by atoms with Gasteiger partial charge in [0.25, 0.3) is 0 Å². The highest BCUT2D eigenvalue weighted by Crippen LogP contribution is 2.39. The molecular formula is C38H43N3. The van der Waals surface area contributed by atoms with Crippen LogP contribution >= 0.6 is 0 Å². The van der Waals surface area contributed by atoms with Gasteiger partial charge in [0.2, 0.25) is 0 Å². The van der Waals surface area contributed by atoms with Crippen LogP contribution in [0.5, 0.6) is 0 Å². The van der Waals surface area contributed by atoms with Crippen molar-refractivity contribution in [3.8, 4) is 0 Å². The highest BCUT2D eigenvalue weighted by Gasteiger charge is 2.21. The molecule has 0 heterocycles. The third-order valence-electron chi connectivity index (χ3n) is 8.30. The lowest BCUT2D eigenvalue weighted by atomic mass is 9.82. The van der Waals surface area contributed by atoms with Gasteiger partial charge in [0.05, 0.1) is 0 Å². The minimum Gasteiger partial charge on any atom is -0.380 e. The van der Waals surface area contributed by atoms with E-state index >= 15 is 0 Å². The van der Waals surface area contributed by atoms with Gasteiger partial charge in [0.1, 0.15) is 0 Å². The Labute approximate surface area is 246 Å². The molecule has 210 valence electrons. The van der Waals surface area contributed by atoms with Crippen LogP contribution in [0.25, 0.3) is 10.8 Å². The molecule has 0 radical (unpaired) electrons. The Kier molecular flexibility index (Phi) is 9.26. The number of benzene rings is 5. The van der Waals surface area contributed by atoms with Crippen LogP contribution in [0.3, 0.4) is 0 Å². The zero-order valence-corrected chi connectivity index (χ0v) is 25.0.